The second-order valence-electron chi connectivity index (χ2n) is 7.83. The van der Waals surface area contributed by atoms with Gasteiger partial charge in [0.15, 0.2) is 5.96 Å². The fourth-order valence-corrected chi connectivity index (χ4v) is 3.86. The van der Waals surface area contributed by atoms with Crippen molar-refractivity contribution in [3.63, 3.8) is 0 Å². The fraction of sp³-hybridized carbons (Fsp3) is 0.947. The summed E-state index contributed by atoms with van der Waals surface area (Å²) in [6.07, 6.45) is 2.63. The van der Waals surface area contributed by atoms with Crippen molar-refractivity contribution in [3.05, 3.63) is 0 Å². The van der Waals surface area contributed by atoms with E-state index in [1.54, 1.807) is 0 Å². The Balaban J connectivity index is 0.00000338. The third kappa shape index (κ3) is 8.27. The molecule has 2 N–H and O–H groups in total. The molecule has 26 heavy (non-hydrogen) atoms. The lowest BCUT2D eigenvalue weighted by Crippen LogP contribution is -2.48. The van der Waals surface area contributed by atoms with Crippen LogP contribution in [-0.2, 0) is 4.74 Å². The molecule has 0 saturated carbocycles. The Morgan fingerprint density at radius 3 is 2.54 bits per heavy atom. The second-order valence-corrected chi connectivity index (χ2v) is 7.83. The molecule has 2 rings (SSSR count). The number of hydrogen-bond acceptors (Lipinski definition) is 4. The van der Waals surface area contributed by atoms with Gasteiger partial charge in [0, 0.05) is 38.8 Å². The number of nitrogens with one attached hydrogen (secondary N) is 2. The molecule has 2 unspecified atom stereocenters. The summed E-state index contributed by atoms with van der Waals surface area (Å²) in [5.74, 6) is 2.29. The van der Waals surface area contributed by atoms with E-state index in [0.29, 0.717) is 12.0 Å². The predicted molar refractivity (Wildman–Crippen MR) is 121 cm³/mol. The number of piperidine rings is 1. The molecule has 0 aromatic rings. The van der Waals surface area contributed by atoms with Crippen molar-refractivity contribution < 1.29 is 4.74 Å². The standard InChI is InChI=1S/C19H39N5O.HI/c1-5-20-19(21-13-17-7-6-8-23(4)15-17)22-14-18(16(2)3)24-9-11-25-12-10-24;/h16-18H,5-15H2,1-4H3,(H2,20,21,22);1H. The number of morpholine rings is 1. The number of likely N-dealkylation sites (tertiary alicyclic amines) is 1. The molecule has 0 aromatic heterocycles. The summed E-state index contributed by atoms with van der Waals surface area (Å²) < 4.78 is 5.50. The van der Waals surface area contributed by atoms with Crippen molar-refractivity contribution in [2.45, 2.75) is 39.7 Å². The molecule has 7 heteroatoms. The van der Waals surface area contributed by atoms with Crippen LogP contribution in [0.1, 0.15) is 33.6 Å². The summed E-state index contributed by atoms with van der Waals surface area (Å²) in [6.45, 7) is 15.7. The van der Waals surface area contributed by atoms with E-state index in [0.717, 1.165) is 57.8 Å². The van der Waals surface area contributed by atoms with Gasteiger partial charge in [-0.2, -0.15) is 0 Å². The van der Waals surface area contributed by atoms with Crippen LogP contribution in [-0.4, -0.2) is 87.9 Å². The van der Waals surface area contributed by atoms with Crippen LogP contribution in [0.5, 0.6) is 0 Å². The minimum Gasteiger partial charge on any atom is -0.379 e. The lowest BCUT2D eigenvalue weighted by Gasteiger charge is -2.36. The van der Waals surface area contributed by atoms with Crippen LogP contribution >= 0.6 is 24.0 Å². The smallest absolute Gasteiger partial charge is 0.191 e. The van der Waals surface area contributed by atoms with E-state index in [9.17, 15) is 0 Å². The van der Waals surface area contributed by atoms with Crippen LogP contribution < -0.4 is 10.6 Å². The zero-order valence-electron chi connectivity index (χ0n) is 17.2. The SMILES string of the molecule is CCNC(=NCC(C(C)C)N1CCOCC1)NCC1CCCN(C)C1.I. The Hall–Kier alpha value is -0.120. The van der Waals surface area contributed by atoms with E-state index in [1.165, 1.54) is 25.9 Å². The number of rotatable bonds is 7. The lowest BCUT2D eigenvalue weighted by atomic mass is 9.98. The molecule has 0 amide bonds. The van der Waals surface area contributed by atoms with Crippen molar-refractivity contribution in [3.8, 4) is 0 Å². The quantitative estimate of drug-likeness (QED) is 0.331. The molecule has 2 aliphatic heterocycles. The largest absolute Gasteiger partial charge is 0.379 e. The maximum absolute atomic E-state index is 5.50. The Bertz CT molecular complexity index is 401. The molecule has 154 valence electrons. The molecular formula is C19H40IN5O. The van der Waals surface area contributed by atoms with Gasteiger partial charge in [-0.05, 0) is 45.2 Å². The number of halogens is 1. The Morgan fingerprint density at radius 1 is 1.19 bits per heavy atom. The number of ether oxygens (including phenoxy) is 1. The molecular weight excluding hydrogens is 441 g/mol. The molecule has 2 aliphatic rings. The highest BCUT2D eigenvalue weighted by molar-refractivity contribution is 14.0. The maximum atomic E-state index is 5.50. The Morgan fingerprint density at radius 2 is 1.92 bits per heavy atom. The first kappa shape index (κ1) is 23.9. The molecule has 2 fully saturated rings. The molecule has 2 saturated heterocycles. The molecule has 0 radical (unpaired) electrons. The average molecular weight is 481 g/mol. The van der Waals surface area contributed by atoms with Crippen LogP contribution in [0.4, 0.5) is 0 Å². The maximum Gasteiger partial charge on any atom is 0.191 e. The van der Waals surface area contributed by atoms with Crippen LogP contribution in [0, 0.1) is 11.8 Å². The first-order valence-electron chi connectivity index (χ1n) is 10.1. The number of guanidine groups is 1. The predicted octanol–water partition coefficient (Wildman–Crippen LogP) is 1.86. The summed E-state index contributed by atoms with van der Waals surface area (Å²) >= 11 is 0. The third-order valence-electron chi connectivity index (χ3n) is 5.35. The topological polar surface area (TPSA) is 52.1 Å². The van der Waals surface area contributed by atoms with Crippen molar-refractivity contribution in [1.29, 1.82) is 0 Å². The van der Waals surface area contributed by atoms with E-state index in [-0.39, 0.29) is 24.0 Å². The molecule has 0 spiro atoms. The van der Waals surface area contributed by atoms with E-state index >= 15 is 0 Å². The summed E-state index contributed by atoms with van der Waals surface area (Å²) in [6, 6.07) is 0.486. The molecule has 0 bridgehead atoms. The highest BCUT2D eigenvalue weighted by atomic mass is 127. The molecule has 0 aromatic carbocycles. The van der Waals surface area contributed by atoms with Crippen LogP contribution in [0.3, 0.4) is 0 Å². The summed E-state index contributed by atoms with van der Waals surface area (Å²) in [5.41, 5.74) is 0. The molecule has 2 atom stereocenters. The average Bonchev–Trinajstić information content (AvgIpc) is 2.60. The molecule has 2 heterocycles. The molecule has 6 nitrogen and oxygen atoms in total. The van der Waals surface area contributed by atoms with Gasteiger partial charge in [0.2, 0.25) is 0 Å². The second kappa shape index (κ2) is 13.1. The fourth-order valence-electron chi connectivity index (χ4n) is 3.86. The van der Waals surface area contributed by atoms with E-state index in [2.05, 4.69) is 48.3 Å². The zero-order valence-corrected chi connectivity index (χ0v) is 19.5. The summed E-state index contributed by atoms with van der Waals surface area (Å²) in [5, 5.41) is 6.99. The van der Waals surface area contributed by atoms with Gasteiger partial charge in [-0.15, -0.1) is 24.0 Å². The van der Waals surface area contributed by atoms with Crippen molar-refractivity contribution in [2.75, 3.05) is 66.1 Å². The third-order valence-corrected chi connectivity index (χ3v) is 5.35. The Kier molecular flexibility index (Phi) is 12.1. The highest BCUT2D eigenvalue weighted by Gasteiger charge is 2.24. The van der Waals surface area contributed by atoms with Gasteiger partial charge in [0.05, 0.1) is 19.8 Å². The van der Waals surface area contributed by atoms with E-state index in [1.807, 2.05) is 0 Å². The van der Waals surface area contributed by atoms with Crippen molar-refractivity contribution in [2.24, 2.45) is 16.8 Å². The first-order chi connectivity index (χ1) is 12.1. The summed E-state index contributed by atoms with van der Waals surface area (Å²) in [7, 11) is 2.22. The van der Waals surface area contributed by atoms with Crippen LogP contribution in [0.2, 0.25) is 0 Å². The number of hydrogen-bond donors (Lipinski definition) is 2. The van der Waals surface area contributed by atoms with Gasteiger partial charge in [-0.25, -0.2) is 0 Å². The monoisotopic (exact) mass is 481 g/mol. The van der Waals surface area contributed by atoms with Gasteiger partial charge in [0.1, 0.15) is 0 Å². The van der Waals surface area contributed by atoms with E-state index < -0.39 is 0 Å². The first-order valence-corrected chi connectivity index (χ1v) is 10.1. The van der Waals surface area contributed by atoms with Crippen molar-refractivity contribution in [1.82, 2.24) is 20.4 Å². The molecule has 0 aliphatic carbocycles. The number of nitrogens with zero attached hydrogens (tertiary/aromatic N) is 3. The zero-order chi connectivity index (χ0) is 18.1. The number of aliphatic imine (C=N–C) groups is 1. The van der Waals surface area contributed by atoms with Gasteiger partial charge in [-0.1, -0.05) is 13.8 Å². The van der Waals surface area contributed by atoms with Crippen molar-refractivity contribution >= 4 is 29.9 Å². The van der Waals surface area contributed by atoms with Crippen LogP contribution in [0.15, 0.2) is 4.99 Å². The van der Waals surface area contributed by atoms with Crippen LogP contribution in [0.25, 0.3) is 0 Å². The van der Waals surface area contributed by atoms with E-state index in [4.69, 9.17) is 9.73 Å². The Labute approximate surface area is 177 Å². The van der Waals surface area contributed by atoms with Gasteiger partial charge < -0.3 is 20.3 Å². The normalized spacial score (nSPS) is 24.2. The summed E-state index contributed by atoms with van der Waals surface area (Å²) in [4.78, 5) is 9.89. The van der Waals surface area contributed by atoms with Gasteiger partial charge in [-0.3, -0.25) is 9.89 Å². The highest BCUT2D eigenvalue weighted by Crippen LogP contribution is 2.15. The lowest BCUT2D eigenvalue weighted by molar-refractivity contribution is 0.00867. The van der Waals surface area contributed by atoms with Gasteiger partial charge in [0.25, 0.3) is 0 Å². The minimum absolute atomic E-state index is 0. The van der Waals surface area contributed by atoms with Gasteiger partial charge >= 0.3 is 0 Å². The minimum atomic E-state index is 0.